The standard InChI is InChI=1S/C58H42/c1-57(2)48-29-14-13-27-46(48)54-41-22-8-7-21-40(41)47(34-51(54)57)53-44-25-11-9-23-42(44)52(43-24-10-12-26-45(43)53)37-19-15-18-36(33-37)39-28-16-30-49-56(39)55-38-20-6-5-17-35(38)31-32-50(55)58(49,3)4/h5-34H,1-4H3. The van der Waals surface area contributed by atoms with Crippen LogP contribution in [0.15, 0.2) is 182 Å². The van der Waals surface area contributed by atoms with Crippen molar-refractivity contribution >= 4 is 43.1 Å². The van der Waals surface area contributed by atoms with Crippen molar-refractivity contribution in [1.82, 2.24) is 0 Å². The van der Waals surface area contributed by atoms with E-state index < -0.39 is 0 Å². The molecule has 0 aromatic heterocycles. The second-order valence-electron chi connectivity index (χ2n) is 17.5. The van der Waals surface area contributed by atoms with Crippen molar-refractivity contribution in [3.05, 3.63) is 204 Å². The molecule has 0 saturated heterocycles. The van der Waals surface area contributed by atoms with Crippen molar-refractivity contribution < 1.29 is 0 Å². The molecule has 2 aliphatic carbocycles. The topological polar surface area (TPSA) is 0 Å². The molecule has 0 saturated carbocycles. The van der Waals surface area contributed by atoms with Gasteiger partial charge in [0.1, 0.15) is 0 Å². The summed E-state index contributed by atoms with van der Waals surface area (Å²) in [7, 11) is 0. The normalized spacial score (nSPS) is 14.5. The molecule has 0 heterocycles. The average molecular weight is 739 g/mol. The fourth-order valence-corrected chi connectivity index (χ4v) is 11.1. The molecule has 10 aromatic rings. The Morgan fingerprint density at radius 1 is 0.259 bits per heavy atom. The van der Waals surface area contributed by atoms with E-state index in [1.807, 2.05) is 0 Å². The zero-order valence-corrected chi connectivity index (χ0v) is 33.3. The Hall–Kier alpha value is -6.76. The van der Waals surface area contributed by atoms with Crippen molar-refractivity contribution in [3.63, 3.8) is 0 Å². The molecule has 0 spiro atoms. The fourth-order valence-electron chi connectivity index (χ4n) is 11.1. The summed E-state index contributed by atoms with van der Waals surface area (Å²) in [6.07, 6.45) is 0. The third-order valence-electron chi connectivity index (χ3n) is 13.8. The van der Waals surface area contributed by atoms with Crippen LogP contribution in [0, 0.1) is 0 Å². The Kier molecular flexibility index (Phi) is 6.84. The molecule has 274 valence electrons. The summed E-state index contributed by atoms with van der Waals surface area (Å²) in [5.41, 5.74) is 18.6. The maximum Gasteiger partial charge on any atom is 0.0159 e. The summed E-state index contributed by atoms with van der Waals surface area (Å²) in [5.74, 6) is 0. The molecule has 0 fully saturated rings. The Bertz CT molecular complexity index is 3330. The van der Waals surface area contributed by atoms with E-state index in [9.17, 15) is 0 Å². The van der Waals surface area contributed by atoms with Gasteiger partial charge in [-0.05, 0) is 133 Å². The van der Waals surface area contributed by atoms with E-state index >= 15 is 0 Å². The molecule has 0 amide bonds. The molecule has 0 unspecified atom stereocenters. The molecular weight excluding hydrogens is 697 g/mol. The number of hydrogen-bond donors (Lipinski definition) is 0. The van der Waals surface area contributed by atoms with E-state index in [-0.39, 0.29) is 10.8 Å². The van der Waals surface area contributed by atoms with Gasteiger partial charge >= 0.3 is 0 Å². The van der Waals surface area contributed by atoms with Gasteiger partial charge in [0.2, 0.25) is 0 Å². The van der Waals surface area contributed by atoms with E-state index in [2.05, 4.69) is 210 Å². The van der Waals surface area contributed by atoms with Crippen LogP contribution in [0.5, 0.6) is 0 Å². The van der Waals surface area contributed by atoms with E-state index in [1.165, 1.54) is 121 Å². The van der Waals surface area contributed by atoms with Crippen LogP contribution in [0.3, 0.4) is 0 Å². The lowest BCUT2D eigenvalue weighted by atomic mass is 9.79. The minimum Gasteiger partial charge on any atom is -0.0619 e. The van der Waals surface area contributed by atoms with Crippen LogP contribution < -0.4 is 0 Å². The number of rotatable bonds is 3. The largest absolute Gasteiger partial charge is 0.0619 e. The van der Waals surface area contributed by atoms with E-state index in [1.54, 1.807) is 0 Å². The molecule has 0 atom stereocenters. The molecule has 0 aliphatic heterocycles. The van der Waals surface area contributed by atoms with Gasteiger partial charge in [-0.1, -0.05) is 198 Å². The Labute approximate surface area is 340 Å². The summed E-state index contributed by atoms with van der Waals surface area (Å²) in [5, 5.41) is 10.3. The summed E-state index contributed by atoms with van der Waals surface area (Å²) < 4.78 is 0. The summed E-state index contributed by atoms with van der Waals surface area (Å²) in [6.45, 7) is 9.56. The highest BCUT2D eigenvalue weighted by Crippen LogP contribution is 2.56. The zero-order valence-electron chi connectivity index (χ0n) is 33.3. The van der Waals surface area contributed by atoms with E-state index in [4.69, 9.17) is 0 Å². The summed E-state index contributed by atoms with van der Waals surface area (Å²) >= 11 is 0. The van der Waals surface area contributed by atoms with Gasteiger partial charge in [0.25, 0.3) is 0 Å². The minimum atomic E-state index is -0.115. The third-order valence-corrected chi connectivity index (χ3v) is 13.8. The van der Waals surface area contributed by atoms with Gasteiger partial charge < -0.3 is 0 Å². The van der Waals surface area contributed by atoms with Crippen molar-refractivity contribution in [2.24, 2.45) is 0 Å². The Morgan fingerprint density at radius 2 is 0.759 bits per heavy atom. The summed E-state index contributed by atoms with van der Waals surface area (Å²) in [4.78, 5) is 0. The number of hydrogen-bond acceptors (Lipinski definition) is 0. The molecule has 12 rings (SSSR count). The van der Waals surface area contributed by atoms with Gasteiger partial charge in [-0.3, -0.25) is 0 Å². The lowest BCUT2D eigenvalue weighted by Gasteiger charge is -2.24. The third kappa shape index (κ3) is 4.41. The fraction of sp³-hybridized carbons (Fsp3) is 0.103. The van der Waals surface area contributed by atoms with Gasteiger partial charge in [0.05, 0.1) is 0 Å². The van der Waals surface area contributed by atoms with Gasteiger partial charge in [-0.2, -0.15) is 0 Å². The van der Waals surface area contributed by atoms with Crippen molar-refractivity contribution in [3.8, 4) is 55.6 Å². The quantitative estimate of drug-likeness (QED) is 0.158. The second-order valence-corrected chi connectivity index (χ2v) is 17.5. The van der Waals surface area contributed by atoms with Crippen molar-refractivity contribution in [2.45, 2.75) is 38.5 Å². The van der Waals surface area contributed by atoms with Crippen LogP contribution >= 0.6 is 0 Å². The predicted octanol–water partition coefficient (Wildman–Crippen LogP) is 15.9. The minimum absolute atomic E-state index is 0.0930. The lowest BCUT2D eigenvalue weighted by molar-refractivity contribution is 0.661. The van der Waals surface area contributed by atoms with Gasteiger partial charge in [0.15, 0.2) is 0 Å². The lowest BCUT2D eigenvalue weighted by Crippen LogP contribution is -2.15. The van der Waals surface area contributed by atoms with Crippen LogP contribution in [0.4, 0.5) is 0 Å². The first-order valence-electron chi connectivity index (χ1n) is 20.7. The van der Waals surface area contributed by atoms with Gasteiger partial charge in [-0.25, -0.2) is 0 Å². The SMILES string of the molecule is CC1(C)c2cccc(-c3cccc(-c4c5ccccc5c(-c5cc6c(c7ccccc57)-c5ccccc5C6(C)C)c5ccccc45)c3)c2-c2c1ccc1ccccc21. The highest BCUT2D eigenvalue weighted by atomic mass is 14.4. The van der Waals surface area contributed by atoms with Crippen LogP contribution in [0.1, 0.15) is 49.9 Å². The molecule has 0 bridgehead atoms. The van der Waals surface area contributed by atoms with Crippen LogP contribution in [0.2, 0.25) is 0 Å². The van der Waals surface area contributed by atoms with E-state index in [0.29, 0.717) is 0 Å². The smallest absolute Gasteiger partial charge is 0.0159 e. The second kappa shape index (κ2) is 11.9. The molecule has 0 N–H and O–H groups in total. The maximum atomic E-state index is 2.53. The molecular formula is C58H42. The van der Waals surface area contributed by atoms with Crippen molar-refractivity contribution in [2.75, 3.05) is 0 Å². The Balaban J connectivity index is 1.12. The zero-order chi connectivity index (χ0) is 38.9. The molecule has 2 aliphatic rings. The Morgan fingerprint density at radius 3 is 1.48 bits per heavy atom. The molecule has 0 nitrogen and oxygen atoms in total. The highest BCUT2D eigenvalue weighted by Gasteiger charge is 2.39. The molecule has 10 aromatic carbocycles. The molecule has 58 heavy (non-hydrogen) atoms. The summed E-state index contributed by atoms with van der Waals surface area (Å²) in [6, 6.07) is 68.7. The maximum absolute atomic E-state index is 2.53. The monoisotopic (exact) mass is 738 g/mol. The van der Waals surface area contributed by atoms with Gasteiger partial charge in [0, 0.05) is 10.8 Å². The van der Waals surface area contributed by atoms with E-state index in [0.717, 1.165) is 0 Å². The van der Waals surface area contributed by atoms with Crippen LogP contribution in [-0.4, -0.2) is 0 Å². The van der Waals surface area contributed by atoms with Crippen LogP contribution in [-0.2, 0) is 10.8 Å². The van der Waals surface area contributed by atoms with Crippen LogP contribution in [0.25, 0.3) is 98.7 Å². The number of benzene rings is 10. The molecule has 0 heteroatoms. The predicted molar refractivity (Wildman–Crippen MR) is 248 cm³/mol. The first-order chi connectivity index (χ1) is 28.3. The number of fused-ring (bicyclic) bond motifs is 12. The first kappa shape index (κ1) is 33.4. The van der Waals surface area contributed by atoms with Crippen molar-refractivity contribution in [1.29, 1.82) is 0 Å². The highest BCUT2D eigenvalue weighted by molar-refractivity contribution is 6.25. The first-order valence-corrected chi connectivity index (χ1v) is 20.7. The molecule has 0 radical (unpaired) electrons. The van der Waals surface area contributed by atoms with Gasteiger partial charge in [-0.15, -0.1) is 0 Å². The average Bonchev–Trinajstić information content (AvgIpc) is 3.65.